The summed E-state index contributed by atoms with van der Waals surface area (Å²) in [6, 6.07) is 0.643. The Bertz CT molecular complexity index is 338. The van der Waals surface area contributed by atoms with Crippen LogP contribution in [0.3, 0.4) is 0 Å². The summed E-state index contributed by atoms with van der Waals surface area (Å²) in [5, 5.41) is 0. The molecule has 2 rings (SSSR count). The van der Waals surface area contributed by atoms with Crippen LogP contribution in [0, 0.1) is 5.41 Å². The van der Waals surface area contributed by atoms with E-state index in [0.717, 1.165) is 5.69 Å². The molecule has 2 N–H and O–H groups in total. The first-order chi connectivity index (χ1) is 7.02. The molecule has 0 spiro atoms. The largest absolute Gasteiger partial charge is 0.330 e. The van der Waals surface area contributed by atoms with Crippen molar-refractivity contribution in [1.29, 1.82) is 0 Å². The van der Waals surface area contributed by atoms with E-state index in [-0.39, 0.29) is 6.04 Å². The van der Waals surface area contributed by atoms with Crippen molar-refractivity contribution in [3.8, 4) is 0 Å². The molecule has 1 heterocycles. The minimum absolute atomic E-state index is 0.0731. The van der Waals surface area contributed by atoms with E-state index in [1.165, 1.54) is 19.3 Å². The van der Waals surface area contributed by atoms with Crippen LogP contribution < -0.4 is 5.73 Å². The number of hydrogen-bond donors (Lipinski definition) is 1. The first-order valence-corrected chi connectivity index (χ1v) is 5.79. The predicted molar refractivity (Wildman–Crippen MR) is 61.5 cm³/mol. The van der Waals surface area contributed by atoms with Gasteiger partial charge in [0.25, 0.3) is 0 Å². The van der Waals surface area contributed by atoms with Crippen LogP contribution in [0.25, 0.3) is 0 Å². The molecule has 0 aromatic carbocycles. The lowest BCUT2D eigenvalue weighted by Gasteiger charge is -2.30. The van der Waals surface area contributed by atoms with Gasteiger partial charge in [-0.1, -0.05) is 20.3 Å². The standard InChI is InChI=1S/C12H21N3/c1-9(13)10-7-14-8-15(10)11-5-4-6-12(11,2)3/h7-9,11H,4-6,13H2,1-3H3. The number of hydrogen-bond acceptors (Lipinski definition) is 2. The van der Waals surface area contributed by atoms with Crippen molar-refractivity contribution in [1.82, 2.24) is 9.55 Å². The van der Waals surface area contributed by atoms with Gasteiger partial charge in [0.1, 0.15) is 0 Å². The van der Waals surface area contributed by atoms with Gasteiger partial charge in [0, 0.05) is 18.3 Å². The smallest absolute Gasteiger partial charge is 0.0951 e. The van der Waals surface area contributed by atoms with Crippen molar-refractivity contribution in [3.05, 3.63) is 18.2 Å². The SMILES string of the molecule is CC(N)c1cncn1C1CCCC1(C)C. The highest BCUT2D eigenvalue weighted by Gasteiger charge is 2.36. The predicted octanol–water partition coefficient (Wildman–Crippen LogP) is 2.65. The van der Waals surface area contributed by atoms with Crippen LogP contribution in [0.4, 0.5) is 0 Å². The van der Waals surface area contributed by atoms with E-state index in [0.29, 0.717) is 11.5 Å². The first-order valence-electron chi connectivity index (χ1n) is 5.79. The van der Waals surface area contributed by atoms with Crippen molar-refractivity contribution in [2.75, 3.05) is 0 Å². The molecule has 2 atom stereocenters. The molecular formula is C12H21N3. The monoisotopic (exact) mass is 207 g/mol. The molecule has 0 bridgehead atoms. The maximum atomic E-state index is 5.95. The highest BCUT2D eigenvalue weighted by molar-refractivity contribution is 5.07. The molecule has 1 aromatic heterocycles. The van der Waals surface area contributed by atoms with E-state index in [1.807, 2.05) is 19.4 Å². The molecule has 1 aromatic rings. The van der Waals surface area contributed by atoms with Crippen molar-refractivity contribution in [3.63, 3.8) is 0 Å². The summed E-state index contributed by atoms with van der Waals surface area (Å²) >= 11 is 0. The van der Waals surface area contributed by atoms with Crippen LogP contribution in [-0.2, 0) is 0 Å². The molecule has 3 heteroatoms. The summed E-state index contributed by atoms with van der Waals surface area (Å²) in [7, 11) is 0. The second-order valence-electron chi connectivity index (χ2n) is 5.41. The minimum Gasteiger partial charge on any atom is -0.330 e. The van der Waals surface area contributed by atoms with Gasteiger partial charge in [-0.05, 0) is 25.2 Å². The van der Waals surface area contributed by atoms with Crippen molar-refractivity contribution in [2.24, 2.45) is 11.1 Å². The lowest BCUT2D eigenvalue weighted by atomic mass is 9.87. The average Bonchev–Trinajstić information content (AvgIpc) is 2.69. The number of nitrogens with two attached hydrogens (primary N) is 1. The third-order valence-corrected chi connectivity index (χ3v) is 3.70. The van der Waals surface area contributed by atoms with Gasteiger partial charge in [0.2, 0.25) is 0 Å². The molecule has 0 radical (unpaired) electrons. The maximum Gasteiger partial charge on any atom is 0.0951 e. The first kappa shape index (κ1) is 10.7. The quantitative estimate of drug-likeness (QED) is 0.810. The molecule has 84 valence electrons. The topological polar surface area (TPSA) is 43.8 Å². The van der Waals surface area contributed by atoms with Gasteiger partial charge in [-0.3, -0.25) is 0 Å². The molecule has 1 aliphatic rings. The third-order valence-electron chi connectivity index (χ3n) is 3.70. The number of aromatic nitrogens is 2. The second-order valence-corrected chi connectivity index (χ2v) is 5.41. The Morgan fingerprint density at radius 3 is 2.87 bits per heavy atom. The third kappa shape index (κ3) is 1.81. The van der Waals surface area contributed by atoms with E-state index in [1.54, 1.807) is 0 Å². The van der Waals surface area contributed by atoms with Crippen molar-refractivity contribution in [2.45, 2.75) is 52.1 Å². The van der Waals surface area contributed by atoms with E-state index in [9.17, 15) is 0 Å². The number of nitrogens with zero attached hydrogens (tertiary/aromatic N) is 2. The van der Waals surface area contributed by atoms with Crippen LogP contribution in [-0.4, -0.2) is 9.55 Å². The van der Waals surface area contributed by atoms with Crippen LogP contribution in [0.5, 0.6) is 0 Å². The number of imidazole rings is 1. The Kier molecular flexibility index (Phi) is 2.59. The van der Waals surface area contributed by atoms with Gasteiger partial charge in [0.15, 0.2) is 0 Å². The molecule has 0 aliphatic heterocycles. The maximum absolute atomic E-state index is 5.95. The van der Waals surface area contributed by atoms with Gasteiger partial charge in [-0.2, -0.15) is 0 Å². The Balaban J connectivity index is 2.33. The highest BCUT2D eigenvalue weighted by Crippen LogP contribution is 2.46. The Morgan fingerprint density at radius 2 is 2.33 bits per heavy atom. The van der Waals surface area contributed by atoms with Crippen LogP contribution in [0.1, 0.15) is 57.8 Å². The summed E-state index contributed by atoms with van der Waals surface area (Å²) in [4.78, 5) is 4.24. The molecule has 1 fully saturated rings. The summed E-state index contributed by atoms with van der Waals surface area (Å²) in [6.45, 7) is 6.71. The fraction of sp³-hybridized carbons (Fsp3) is 0.750. The molecule has 1 aliphatic carbocycles. The lowest BCUT2D eigenvalue weighted by molar-refractivity contribution is 0.254. The van der Waals surface area contributed by atoms with Gasteiger partial charge in [0.05, 0.1) is 12.0 Å². The van der Waals surface area contributed by atoms with Crippen LogP contribution >= 0.6 is 0 Å². The second kappa shape index (κ2) is 3.63. The molecule has 3 nitrogen and oxygen atoms in total. The van der Waals surface area contributed by atoms with Crippen LogP contribution in [0.15, 0.2) is 12.5 Å². The fourth-order valence-corrected chi connectivity index (χ4v) is 2.75. The zero-order chi connectivity index (χ0) is 11.1. The summed E-state index contributed by atoms with van der Waals surface area (Å²) in [5.74, 6) is 0. The van der Waals surface area contributed by atoms with Crippen molar-refractivity contribution < 1.29 is 0 Å². The Morgan fingerprint density at radius 1 is 1.60 bits per heavy atom. The molecule has 1 saturated carbocycles. The molecular weight excluding hydrogens is 186 g/mol. The lowest BCUT2D eigenvalue weighted by Crippen LogP contribution is -2.24. The zero-order valence-corrected chi connectivity index (χ0v) is 9.90. The molecule has 0 amide bonds. The Hall–Kier alpha value is -0.830. The summed E-state index contributed by atoms with van der Waals surface area (Å²) in [6.07, 6.45) is 7.71. The fourth-order valence-electron chi connectivity index (χ4n) is 2.75. The van der Waals surface area contributed by atoms with Crippen molar-refractivity contribution >= 4 is 0 Å². The van der Waals surface area contributed by atoms with E-state index >= 15 is 0 Å². The molecule has 15 heavy (non-hydrogen) atoms. The van der Waals surface area contributed by atoms with Gasteiger partial charge >= 0.3 is 0 Å². The number of rotatable bonds is 2. The normalized spacial score (nSPS) is 26.8. The van der Waals surface area contributed by atoms with E-state index in [2.05, 4.69) is 23.4 Å². The molecule has 2 unspecified atom stereocenters. The minimum atomic E-state index is 0.0731. The van der Waals surface area contributed by atoms with Gasteiger partial charge in [-0.15, -0.1) is 0 Å². The zero-order valence-electron chi connectivity index (χ0n) is 9.90. The van der Waals surface area contributed by atoms with Gasteiger partial charge in [-0.25, -0.2) is 4.98 Å². The summed E-state index contributed by atoms with van der Waals surface area (Å²) < 4.78 is 2.29. The van der Waals surface area contributed by atoms with E-state index in [4.69, 9.17) is 5.73 Å². The van der Waals surface area contributed by atoms with Crippen LogP contribution in [0.2, 0.25) is 0 Å². The highest BCUT2D eigenvalue weighted by atomic mass is 15.1. The average molecular weight is 207 g/mol. The Labute approximate surface area is 91.7 Å². The molecule has 0 saturated heterocycles. The summed E-state index contributed by atoms with van der Waals surface area (Å²) in [5.41, 5.74) is 7.50. The van der Waals surface area contributed by atoms with E-state index < -0.39 is 0 Å². The van der Waals surface area contributed by atoms with Gasteiger partial charge < -0.3 is 10.3 Å².